The molecule has 1 N–H and O–H groups in total. The molecule has 0 amide bonds. The van der Waals surface area contributed by atoms with Crippen molar-refractivity contribution in [3.63, 3.8) is 0 Å². The Balaban J connectivity index is 1.95. The molecule has 0 saturated heterocycles. The number of oxazole rings is 1. The molecule has 2 rings (SSSR count). The van der Waals surface area contributed by atoms with Crippen LogP contribution in [0.5, 0.6) is 0 Å². The molecule has 3 heteroatoms. The number of benzene rings is 1. The summed E-state index contributed by atoms with van der Waals surface area (Å²) >= 11 is 0. The lowest BCUT2D eigenvalue weighted by Gasteiger charge is -2.00. The van der Waals surface area contributed by atoms with E-state index in [1.165, 1.54) is 5.56 Å². The molecule has 2 aromatic rings. The minimum absolute atomic E-state index is 0.826. The average molecular weight is 258 g/mol. The Morgan fingerprint density at radius 1 is 1.16 bits per heavy atom. The fraction of sp³-hybridized carbons (Fsp3) is 0.438. The van der Waals surface area contributed by atoms with Gasteiger partial charge >= 0.3 is 0 Å². The first-order valence-electron chi connectivity index (χ1n) is 7.08. The van der Waals surface area contributed by atoms with Crippen molar-refractivity contribution < 1.29 is 4.42 Å². The van der Waals surface area contributed by atoms with Crippen LogP contribution in [0.2, 0.25) is 0 Å². The van der Waals surface area contributed by atoms with Crippen molar-refractivity contribution in [3.8, 4) is 11.3 Å². The summed E-state index contributed by atoms with van der Waals surface area (Å²) in [6.07, 6.45) is 4.83. The molecule has 0 spiro atoms. The highest BCUT2D eigenvalue weighted by Crippen LogP contribution is 2.21. The van der Waals surface area contributed by atoms with E-state index in [0.717, 1.165) is 49.6 Å². The molecule has 0 fully saturated rings. The summed E-state index contributed by atoms with van der Waals surface area (Å²) in [5.74, 6) is 1.69. The summed E-state index contributed by atoms with van der Waals surface area (Å²) in [6, 6.07) is 8.48. The van der Waals surface area contributed by atoms with Gasteiger partial charge in [0.1, 0.15) is 0 Å². The van der Waals surface area contributed by atoms with Gasteiger partial charge in [-0.05, 0) is 31.5 Å². The lowest BCUT2D eigenvalue weighted by Crippen LogP contribution is -2.14. The van der Waals surface area contributed by atoms with E-state index in [9.17, 15) is 0 Å². The van der Waals surface area contributed by atoms with Crippen molar-refractivity contribution in [2.45, 2.75) is 33.1 Å². The molecular weight excluding hydrogens is 236 g/mol. The minimum Gasteiger partial charge on any atom is -0.441 e. The molecule has 0 bridgehead atoms. The Morgan fingerprint density at radius 2 is 1.95 bits per heavy atom. The predicted molar refractivity (Wildman–Crippen MR) is 78.2 cm³/mol. The summed E-state index contributed by atoms with van der Waals surface area (Å²) in [4.78, 5) is 4.34. The zero-order chi connectivity index (χ0) is 13.5. The number of hydrogen-bond donors (Lipinski definition) is 1. The molecule has 0 saturated carbocycles. The zero-order valence-corrected chi connectivity index (χ0v) is 11.8. The molecule has 1 aromatic carbocycles. The van der Waals surface area contributed by atoms with Crippen LogP contribution < -0.4 is 5.32 Å². The Kier molecular flexibility index (Phi) is 5.16. The van der Waals surface area contributed by atoms with Crippen LogP contribution in [0.15, 0.2) is 34.9 Å². The second-order valence-corrected chi connectivity index (χ2v) is 4.63. The summed E-state index contributed by atoms with van der Waals surface area (Å²) in [6.45, 7) is 6.30. The number of hydrogen-bond acceptors (Lipinski definition) is 3. The summed E-state index contributed by atoms with van der Waals surface area (Å²) in [7, 11) is 0. The Bertz CT molecular complexity index is 488. The fourth-order valence-corrected chi connectivity index (χ4v) is 2.01. The highest BCUT2D eigenvalue weighted by Gasteiger charge is 2.06. The van der Waals surface area contributed by atoms with E-state index in [1.54, 1.807) is 0 Å². The number of nitrogens with zero attached hydrogens (tertiary/aromatic N) is 1. The largest absolute Gasteiger partial charge is 0.441 e. The summed E-state index contributed by atoms with van der Waals surface area (Å²) in [5.41, 5.74) is 2.44. The molecule has 0 unspecified atom stereocenters. The Hall–Kier alpha value is -1.61. The maximum atomic E-state index is 5.78. The Morgan fingerprint density at radius 3 is 2.63 bits per heavy atom. The predicted octanol–water partition coefficient (Wildman–Crippen LogP) is 3.45. The standard InChI is InChI=1S/C16H22N2O/c1-3-13-7-9-14(10-8-13)15-12-18-16(19-15)6-5-11-17-4-2/h7-10,12,17H,3-6,11H2,1-2H3. The van der Waals surface area contributed by atoms with Gasteiger partial charge in [0.25, 0.3) is 0 Å². The van der Waals surface area contributed by atoms with Gasteiger partial charge in [-0.1, -0.05) is 38.1 Å². The molecule has 1 aromatic heterocycles. The van der Waals surface area contributed by atoms with Crippen LogP contribution >= 0.6 is 0 Å². The molecule has 19 heavy (non-hydrogen) atoms. The van der Waals surface area contributed by atoms with E-state index < -0.39 is 0 Å². The maximum absolute atomic E-state index is 5.78. The van der Waals surface area contributed by atoms with Crippen LogP contribution in [0.4, 0.5) is 0 Å². The van der Waals surface area contributed by atoms with Crippen molar-refractivity contribution in [1.29, 1.82) is 0 Å². The van der Waals surface area contributed by atoms with Crippen molar-refractivity contribution in [1.82, 2.24) is 10.3 Å². The minimum atomic E-state index is 0.826. The molecule has 1 heterocycles. The normalized spacial score (nSPS) is 10.8. The van der Waals surface area contributed by atoms with Gasteiger partial charge in [-0.3, -0.25) is 0 Å². The van der Waals surface area contributed by atoms with Gasteiger partial charge in [-0.25, -0.2) is 4.98 Å². The first-order chi connectivity index (χ1) is 9.33. The molecule has 3 nitrogen and oxygen atoms in total. The van der Waals surface area contributed by atoms with Crippen molar-refractivity contribution >= 4 is 0 Å². The van der Waals surface area contributed by atoms with E-state index in [2.05, 4.69) is 48.4 Å². The van der Waals surface area contributed by atoms with Gasteiger partial charge in [0.2, 0.25) is 0 Å². The smallest absolute Gasteiger partial charge is 0.194 e. The fourth-order valence-electron chi connectivity index (χ4n) is 2.01. The van der Waals surface area contributed by atoms with Crippen LogP contribution in [0.3, 0.4) is 0 Å². The molecule has 0 aliphatic heterocycles. The van der Waals surface area contributed by atoms with Gasteiger partial charge in [-0.2, -0.15) is 0 Å². The van der Waals surface area contributed by atoms with E-state index in [-0.39, 0.29) is 0 Å². The Labute approximate surface area is 115 Å². The summed E-state index contributed by atoms with van der Waals surface area (Å²) in [5, 5.41) is 3.30. The molecule has 0 aliphatic carbocycles. The highest BCUT2D eigenvalue weighted by atomic mass is 16.4. The number of aryl methyl sites for hydroxylation is 2. The third kappa shape index (κ3) is 3.93. The van der Waals surface area contributed by atoms with E-state index in [1.807, 2.05) is 6.20 Å². The lowest BCUT2D eigenvalue weighted by molar-refractivity contribution is 0.493. The van der Waals surface area contributed by atoms with Crippen LogP contribution in [0, 0.1) is 0 Å². The monoisotopic (exact) mass is 258 g/mol. The number of nitrogens with one attached hydrogen (secondary N) is 1. The topological polar surface area (TPSA) is 38.1 Å². The number of rotatable bonds is 7. The SMILES string of the molecule is CCNCCCc1ncc(-c2ccc(CC)cc2)o1. The first-order valence-corrected chi connectivity index (χ1v) is 7.08. The van der Waals surface area contributed by atoms with Gasteiger partial charge in [-0.15, -0.1) is 0 Å². The molecule has 0 radical (unpaired) electrons. The number of aromatic nitrogens is 1. The van der Waals surface area contributed by atoms with Gasteiger partial charge in [0.05, 0.1) is 6.20 Å². The van der Waals surface area contributed by atoms with E-state index >= 15 is 0 Å². The van der Waals surface area contributed by atoms with E-state index in [0.29, 0.717) is 0 Å². The maximum Gasteiger partial charge on any atom is 0.194 e. The average Bonchev–Trinajstić information content (AvgIpc) is 2.92. The second kappa shape index (κ2) is 7.10. The molecule has 102 valence electrons. The summed E-state index contributed by atoms with van der Waals surface area (Å²) < 4.78 is 5.78. The van der Waals surface area contributed by atoms with Crippen LogP contribution in [-0.2, 0) is 12.8 Å². The lowest BCUT2D eigenvalue weighted by atomic mass is 10.1. The van der Waals surface area contributed by atoms with Crippen molar-refractivity contribution in [3.05, 3.63) is 41.9 Å². The molecular formula is C16H22N2O. The van der Waals surface area contributed by atoms with Crippen LogP contribution in [0.1, 0.15) is 31.7 Å². The van der Waals surface area contributed by atoms with Gasteiger partial charge in [0.15, 0.2) is 11.7 Å². The van der Waals surface area contributed by atoms with Gasteiger partial charge in [0, 0.05) is 12.0 Å². The van der Waals surface area contributed by atoms with Crippen LogP contribution in [0.25, 0.3) is 11.3 Å². The molecule has 0 aliphatic rings. The third-order valence-electron chi connectivity index (χ3n) is 3.19. The van der Waals surface area contributed by atoms with Crippen LogP contribution in [-0.4, -0.2) is 18.1 Å². The highest BCUT2D eigenvalue weighted by molar-refractivity contribution is 5.56. The second-order valence-electron chi connectivity index (χ2n) is 4.63. The first kappa shape index (κ1) is 13.8. The van der Waals surface area contributed by atoms with Crippen molar-refractivity contribution in [2.75, 3.05) is 13.1 Å². The third-order valence-corrected chi connectivity index (χ3v) is 3.19. The molecule has 0 atom stereocenters. The van der Waals surface area contributed by atoms with Crippen molar-refractivity contribution in [2.24, 2.45) is 0 Å². The zero-order valence-electron chi connectivity index (χ0n) is 11.8. The van der Waals surface area contributed by atoms with Gasteiger partial charge < -0.3 is 9.73 Å². The van der Waals surface area contributed by atoms with E-state index in [4.69, 9.17) is 4.42 Å². The quantitative estimate of drug-likeness (QED) is 0.773.